The van der Waals surface area contributed by atoms with Crippen molar-refractivity contribution in [2.45, 2.75) is 6.54 Å². The number of hydrogen-bond acceptors (Lipinski definition) is 5. The lowest BCUT2D eigenvalue weighted by molar-refractivity contribution is 0.0954. The molecule has 0 aliphatic carbocycles. The molecule has 0 atom stereocenters. The minimum absolute atomic E-state index is 0.0570. The fourth-order valence-corrected chi connectivity index (χ4v) is 3.15. The third kappa shape index (κ3) is 2.92. The van der Waals surface area contributed by atoms with Crippen molar-refractivity contribution in [3.05, 3.63) is 58.0 Å². The Hall–Kier alpha value is -2.05. The van der Waals surface area contributed by atoms with Crippen LogP contribution in [0.15, 0.2) is 47.4 Å². The molecule has 100 valence electrons. The van der Waals surface area contributed by atoms with Gasteiger partial charge in [0.1, 0.15) is 5.01 Å². The lowest BCUT2D eigenvalue weighted by Crippen LogP contribution is -2.21. The first-order chi connectivity index (χ1) is 9.83. The molecule has 3 rings (SSSR count). The van der Waals surface area contributed by atoms with E-state index in [1.54, 1.807) is 23.7 Å². The van der Waals surface area contributed by atoms with Gasteiger partial charge in [-0.1, -0.05) is 6.07 Å². The number of carbonyl (C=O) groups is 1. The van der Waals surface area contributed by atoms with Crippen LogP contribution in [0, 0.1) is 0 Å². The third-order valence-corrected chi connectivity index (χ3v) is 4.46. The van der Waals surface area contributed by atoms with Gasteiger partial charge in [0, 0.05) is 23.3 Å². The van der Waals surface area contributed by atoms with Crippen LogP contribution in [-0.2, 0) is 6.54 Å². The van der Waals surface area contributed by atoms with Crippen molar-refractivity contribution in [2.24, 2.45) is 0 Å². The highest BCUT2D eigenvalue weighted by molar-refractivity contribution is 7.13. The van der Waals surface area contributed by atoms with Crippen LogP contribution in [0.3, 0.4) is 0 Å². The molecule has 0 bridgehead atoms. The number of rotatable bonds is 4. The number of amides is 1. The Morgan fingerprint density at radius 1 is 1.20 bits per heavy atom. The molecule has 1 N–H and O–H groups in total. The van der Waals surface area contributed by atoms with E-state index in [-0.39, 0.29) is 5.91 Å². The number of carbonyl (C=O) groups excluding carboxylic acids is 1. The van der Waals surface area contributed by atoms with E-state index >= 15 is 0 Å². The van der Waals surface area contributed by atoms with Crippen molar-refractivity contribution in [1.82, 2.24) is 15.3 Å². The number of pyridine rings is 1. The molecule has 3 aromatic rings. The minimum Gasteiger partial charge on any atom is -0.346 e. The zero-order chi connectivity index (χ0) is 13.8. The van der Waals surface area contributed by atoms with E-state index in [9.17, 15) is 4.79 Å². The molecule has 20 heavy (non-hydrogen) atoms. The summed E-state index contributed by atoms with van der Waals surface area (Å²) in [5, 5.41) is 7.66. The predicted molar refractivity (Wildman–Crippen MR) is 80.8 cm³/mol. The number of aromatic nitrogens is 2. The maximum Gasteiger partial charge on any atom is 0.261 e. The number of thiazole rings is 1. The van der Waals surface area contributed by atoms with E-state index in [2.05, 4.69) is 15.3 Å². The van der Waals surface area contributed by atoms with E-state index in [4.69, 9.17) is 0 Å². The second-order valence-corrected chi connectivity index (χ2v) is 5.85. The zero-order valence-corrected chi connectivity index (χ0v) is 12.1. The molecule has 4 nitrogen and oxygen atoms in total. The smallest absolute Gasteiger partial charge is 0.261 e. The molecule has 0 saturated carbocycles. The Morgan fingerprint density at radius 2 is 2.05 bits per heavy atom. The maximum atomic E-state index is 11.8. The van der Waals surface area contributed by atoms with E-state index < -0.39 is 0 Å². The van der Waals surface area contributed by atoms with E-state index in [0.29, 0.717) is 6.54 Å². The molecule has 6 heteroatoms. The van der Waals surface area contributed by atoms with Gasteiger partial charge in [-0.3, -0.25) is 9.78 Å². The van der Waals surface area contributed by atoms with Gasteiger partial charge in [-0.2, -0.15) is 0 Å². The number of nitrogens with zero attached hydrogens (tertiary/aromatic N) is 2. The van der Waals surface area contributed by atoms with Crippen LogP contribution in [0.4, 0.5) is 0 Å². The van der Waals surface area contributed by atoms with Crippen LogP contribution >= 0.6 is 22.7 Å². The van der Waals surface area contributed by atoms with Crippen LogP contribution in [0.5, 0.6) is 0 Å². The van der Waals surface area contributed by atoms with Crippen molar-refractivity contribution < 1.29 is 4.79 Å². The van der Waals surface area contributed by atoms with Crippen LogP contribution in [-0.4, -0.2) is 15.9 Å². The lowest BCUT2D eigenvalue weighted by Gasteiger charge is -2.00. The summed E-state index contributed by atoms with van der Waals surface area (Å²) in [4.78, 5) is 21.0. The molecule has 0 spiro atoms. The Labute approximate surface area is 124 Å². The van der Waals surface area contributed by atoms with Gasteiger partial charge < -0.3 is 5.32 Å². The highest BCUT2D eigenvalue weighted by Gasteiger charge is 2.08. The summed E-state index contributed by atoms with van der Waals surface area (Å²) < 4.78 is 0. The molecule has 0 aliphatic rings. The maximum absolute atomic E-state index is 11.8. The Kier molecular flexibility index (Phi) is 3.85. The van der Waals surface area contributed by atoms with E-state index in [1.165, 1.54) is 11.3 Å². The second-order valence-electron chi connectivity index (χ2n) is 4.04. The van der Waals surface area contributed by atoms with Crippen LogP contribution in [0.1, 0.15) is 15.4 Å². The number of thiophene rings is 1. The predicted octanol–water partition coefficient (Wildman–Crippen LogP) is 3.20. The molecule has 0 aliphatic heterocycles. The van der Waals surface area contributed by atoms with Crippen LogP contribution in [0.25, 0.3) is 10.6 Å². The topological polar surface area (TPSA) is 54.9 Å². The molecule has 0 aromatic carbocycles. The quantitative estimate of drug-likeness (QED) is 0.805. The summed E-state index contributed by atoms with van der Waals surface area (Å²) in [5.74, 6) is -0.0570. The summed E-state index contributed by atoms with van der Waals surface area (Å²) in [6.45, 7) is 0.443. The monoisotopic (exact) mass is 301 g/mol. The number of hydrogen-bond donors (Lipinski definition) is 1. The van der Waals surface area contributed by atoms with Gasteiger partial charge >= 0.3 is 0 Å². The minimum atomic E-state index is -0.0570. The van der Waals surface area contributed by atoms with Crippen molar-refractivity contribution in [2.75, 3.05) is 0 Å². The van der Waals surface area contributed by atoms with Gasteiger partial charge in [-0.05, 0) is 23.6 Å². The van der Waals surface area contributed by atoms with Crippen molar-refractivity contribution >= 4 is 28.6 Å². The summed E-state index contributed by atoms with van der Waals surface area (Å²) in [5.41, 5.74) is 1.91. The summed E-state index contributed by atoms with van der Waals surface area (Å²) >= 11 is 3.00. The zero-order valence-electron chi connectivity index (χ0n) is 10.4. The molecular weight excluding hydrogens is 290 g/mol. The van der Waals surface area contributed by atoms with Crippen LogP contribution < -0.4 is 5.32 Å². The van der Waals surface area contributed by atoms with E-state index in [0.717, 1.165) is 21.1 Å². The van der Waals surface area contributed by atoms with Gasteiger partial charge in [-0.25, -0.2) is 4.98 Å². The largest absolute Gasteiger partial charge is 0.346 e. The first-order valence-electron chi connectivity index (χ1n) is 5.99. The lowest BCUT2D eigenvalue weighted by atomic mass is 10.3. The standard InChI is InChI=1S/C14H11N3OS2/c18-13(12-2-1-7-19-12)16-8-11-9-20-14(17-11)10-3-5-15-6-4-10/h1-7,9H,8H2,(H,16,18). The SMILES string of the molecule is O=C(NCc1csc(-c2ccncc2)n1)c1cccs1. The molecule has 1 amide bonds. The first-order valence-corrected chi connectivity index (χ1v) is 7.75. The highest BCUT2D eigenvalue weighted by atomic mass is 32.1. The molecule has 0 radical (unpaired) electrons. The summed E-state index contributed by atoms with van der Waals surface area (Å²) in [7, 11) is 0. The van der Waals surface area contributed by atoms with Crippen molar-refractivity contribution in [3.8, 4) is 10.6 Å². The van der Waals surface area contributed by atoms with Crippen LogP contribution in [0.2, 0.25) is 0 Å². The van der Waals surface area contributed by atoms with Crippen molar-refractivity contribution in [3.63, 3.8) is 0 Å². The summed E-state index contributed by atoms with van der Waals surface area (Å²) in [6.07, 6.45) is 3.49. The van der Waals surface area contributed by atoms with Gasteiger partial charge in [0.15, 0.2) is 0 Å². The number of nitrogens with one attached hydrogen (secondary N) is 1. The Balaban J connectivity index is 1.65. The molecule has 0 unspecified atom stereocenters. The average molecular weight is 301 g/mol. The van der Waals surface area contributed by atoms with Gasteiger partial charge in [0.25, 0.3) is 5.91 Å². The molecule has 3 heterocycles. The third-order valence-electron chi connectivity index (χ3n) is 2.65. The molecule has 0 fully saturated rings. The molecule has 3 aromatic heterocycles. The fourth-order valence-electron chi connectivity index (χ4n) is 1.68. The Morgan fingerprint density at radius 3 is 2.80 bits per heavy atom. The summed E-state index contributed by atoms with van der Waals surface area (Å²) in [6, 6.07) is 7.52. The fraction of sp³-hybridized carbons (Fsp3) is 0.0714. The molecule has 0 saturated heterocycles. The Bertz CT molecular complexity index is 692. The van der Waals surface area contributed by atoms with Gasteiger partial charge in [0.05, 0.1) is 17.1 Å². The second kappa shape index (κ2) is 5.94. The first kappa shape index (κ1) is 13.0. The van der Waals surface area contributed by atoms with Gasteiger partial charge in [-0.15, -0.1) is 22.7 Å². The van der Waals surface area contributed by atoms with E-state index in [1.807, 2.05) is 35.0 Å². The normalized spacial score (nSPS) is 10.4. The highest BCUT2D eigenvalue weighted by Crippen LogP contribution is 2.22. The van der Waals surface area contributed by atoms with Crippen molar-refractivity contribution in [1.29, 1.82) is 0 Å². The average Bonchev–Trinajstić information content (AvgIpc) is 3.17. The van der Waals surface area contributed by atoms with Gasteiger partial charge in [0.2, 0.25) is 0 Å². The molecular formula is C14H11N3OS2.